The van der Waals surface area contributed by atoms with Gasteiger partial charge in [0.05, 0.1) is 18.2 Å². The van der Waals surface area contributed by atoms with Crippen molar-refractivity contribution < 1.29 is 14.2 Å². The van der Waals surface area contributed by atoms with Crippen molar-refractivity contribution in [3.05, 3.63) is 46.3 Å². The lowest BCUT2D eigenvalue weighted by Gasteiger charge is -2.41. The molecule has 2 aliphatic heterocycles. The van der Waals surface area contributed by atoms with Crippen molar-refractivity contribution in [3.63, 3.8) is 0 Å². The van der Waals surface area contributed by atoms with E-state index in [2.05, 4.69) is 34.0 Å². The zero-order valence-corrected chi connectivity index (χ0v) is 14.8. The molecule has 2 aliphatic rings. The smallest absolute Gasteiger partial charge is 0.175 e. The molecule has 0 spiro atoms. The van der Waals surface area contributed by atoms with E-state index in [1.54, 1.807) is 7.11 Å². The van der Waals surface area contributed by atoms with Crippen LogP contribution >= 0.6 is 0 Å². The fourth-order valence-corrected chi connectivity index (χ4v) is 3.73. The van der Waals surface area contributed by atoms with Gasteiger partial charge in [-0.25, -0.2) is 0 Å². The summed E-state index contributed by atoms with van der Waals surface area (Å²) in [5.74, 6) is 0. The van der Waals surface area contributed by atoms with E-state index in [1.165, 1.54) is 5.56 Å². The van der Waals surface area contributed by atoms with Crippen molar-refractivity contribution in [1.82, 2.24) is 4.90 Å². The quantitative estimate of drug-likeness (QED) is 0.313. The zero-order valence-electron chi connectivity index (χ0n) is 14.8. The molecule has 5 unspecified atom stereocenters. The number of nitrogens with zero attached hydrogens (tertiary/aromatic N) is 4. The molecule has 3 rings (SSSR count). The van der Waals surface area contributed by atoms with Crippen molar-refractivity contribution >= 4 is 0 Å². The van der Waals surface area contributed by atoms with Crippen LogP contribution in [-0.4, -0.2) is 55.7 Å². The van der Waals surface area contributed by atoms with E-state index in [0.717, 1.165) is 19.4 Å². The summed E-state index contributed by atoms with van der Waals surface area (Å²) in [7, 11) is 1.65. The number of fused-ring (bicyclic) bond motifs is 2. The average Bonchev–Trinajstić information content (AvgIpc) is 2.92. The minimum Gasteiger partial charge on any atom is -0.374 e. The molecule has 0 radical (unpaired) electrons. The topological polar surface area (TPSA) is 79.7 Å². The van der Waals surface area contributed by atoms with Gasteiger partial charge in [0, 0.05) is 31.7 Å². The van der Waals surface area contributed by atoms with Gasteiger partial charge in [-0.2, -0.15) is 0 Å². The predicted octanol–water partition coefficient (Wildman–Crippen LogP) is 3.11. The Morgan fingerprint density at radius 3 is 2.84 bits per heavy atom. The lowest BCUT2D eigenvalue weighted by molar-refractivity contribution is -0.127. The van der Waals surface area contributed by atoms with E-state index >= 15 is 0 Å². The molecule has 5 atom stereocenters. The fraction of sp³-hybridized carbons (Fsp3) is 0.667. The summed E-state index contributed by atoms with van der Waals surface area (Å²) in [6.45, 7) is 4.20. The Morgan fingerprint density at radius 2 is 2.16 bits per heavy atom. The molecule has 2 bridgehead atoms. The van der Waals surface area contributed by atoms with Crippen molar-refractivity contribution in [3.8, 4) is 0 Å². The van der Waals surface area contributed by atoms with Gasteiger partial charge in [0.15, 0.2) is 6.29 Å². The molecule has 0 saturated carbocycles. The molecule has 7 nitrogen and oxygen atoms in total. The summed E-state index contributed by atoms with van der Waals surface area (Å²) in [4.78, 5) is 5.29. The van der Waals surface area contributed by atoms with Crippen LogP contribution in [-0.2, 0) is 20.8 Å². The zero-order chi connectivity index (χ0) is 17.6. The number of rotatable bonds is 8. The minimum absolute atomic E-state index is 0.00259. The Bertz CT molecular complexity index is 593. The van der Waals surface area contributed by atoms with Crippen LogP contribution in [0.2, 0.25) is 0 Å². The Morgan fingerprint density at radius 1 is 1.36 bits per heavy atom. The van der Waals surface area contributed by atoms with Crippen LogP contribution in [0.1, 0.15) is 25.3 Å². The lowest BCUT2D eigenvalue weighted by atomic mass is 9.94. The number of hydrogen-bond donors (Lipinski definition) is 0. The maximum atomic E-state index is 8.96. The number of ether oxygens (including phenoxy) is 3. The number of azide groups is 1. The second kappa shape index (κ2) is 8.65. The molecule has 2 heterocycles. The Hall–Kier alpha value is -1.63. The molecule has 2 fully saturated rings. The second-order valence-corrected chi connectivity index (χ2v) is 6.57. The molecule has 0 aliphatic carbocycles. The second-order valence-electron chi connectivity index (χ2n) is 6.57. The first kappa shape index (κ1) is 18.2. The highest BCUT2D eigenvalue weighted by atomic mass is 16.7. The molecular weight excluding hydrogens is 320 g/mol. The highest BCUT2D eigenvalue weighted by Gasteiger charge is 2.55. The summed E-state index contributed by atoms with van der Waals surface area (Å²) in [5.41, 5.74) is 10.2. The first-order valence-electron chi connectivity index (χ1n) is 8.90. The Labute approximate surface area is 148 Å². The van der Waals surface area contributed by atoms with Crippen LogP contribution in [0, 0.1) is 0 Å². The SMILES string of the molecule is CCCCOC1C2OC(OC)C1N(Cc1ccccc1)CC2N=[N+]=[N-]. The van der Waals surface area contributed by atoms with E-state index < -0.39 is 0 Å². The van der Waals surface area contributed by atoms with E-state index in [0.29, 0.717) is 13.2 Å². The van der Waals surface area contributed by atoms with Crippen molar-refractivity contribution in [2.75, 3.05) is 20.3 Å². The predicted molar refractivity (Wildman–Crippen MR) is 93.9 cm³/mol. The minimum atomic E-state index is -0.376. The largest absolute Gasteiger partial charge is 0.374 e. The van der Waals surface area contributed by atoms with Crippen LogP contribution in [0.25, 0.3) is 10.4 Å². The average molecular weight is 346 g/mol. The standard InChI is InChI=1S/C18H26N4O3/c1-3-4-10-24-17-15-18(23-2)25-16(17)14(20-21-19)12-22(15)11-13-8-6-5-7-9-13/h5-9,14-18H,3-4,10-12H2,1-2H3. The summed E-state index contributed by atoms with van der Waals surface area (Å²) in [6.07, 6.45) is 1.29. The number of piperidine rings is 1. The first-order chi connectivity index (χ1) is 12.3. The van der Waals surface area contributed by atoms with Crippen molar-refractivity contribution in [2.24, 2.45) is 5.11 Å². The maximum Gasteiger partial charge on any atom is 0.175 e. The maximum absolute atomic E-state index is 8.96. The molecule has 0 amide bonds. The van der Waals surface area contributed by atoms with Crippen molar-refractivity contribution in [1.29, 1.82) is 0 Å². The number of hydrogen-bond acceptors (Lipinski definition) is 5. The van der Waals surface area contributed by atoms with Crippen LogP contribution in [0.4, 0.5) is 0 Å². The number of likely N-dealkylation sites (tertiary alicyclic amines) is 1. The van der Waals surface area contributed by atoms with Crippen LogP contribution in [0.3, 0.4) is 0 Å². The third-order valence-corrected chi connectivity index (χ3v) is 4.92. The molecule has 25 heavy (non-hydrogen) atoms. The van der Waals surface area contributed by atoms with Crippen LogP contribution < -0.4 is 0 Å². The van der Waals surface area contributed by atoms with Gasteiger partial charge in [-0.1, -0.05) is 48.8 Å². The van der Waals surface area contributed by atoms with Crippen LogP contribution in [0.15, 0.2) is 35.4 Å². The normalized spacial score (nSPS) is 31.7. The van der Waals surface area contributed by atoms with Gasteiger partial charge in [-0.05, 0) is 17.5 Å². The van der Waals surface area contributed by atoms with E-state index in [9.17, 15) is 0 Å². The molecule has 7 heteroatoms. The third-order valence-electron chi connectivity index (χ3n) is 4.92. The molecule has 0 N–H and O–H groups in total. The monoisotopic (exact) mass is 346 g/mol. The molecule has 2 saturated heterocycles. The van der Waals surface area contributed by atoms with Gasteiger partial charge < -0.3 is 14.2 Å². The van der Waals surface area contributed by atoms with E-state index in [-0.39, 0.29) is 30.6 Å². The first-order valence-corrected chi connectivity index (χ1v) is 8.90. The number of methoxy groups -OCH3 is 1. The number of unbranched alkanes of at least 4 members (excludes halogenated alkanes) is 1. The number of benzene rings is 1. The molecule has 1 aromatic rings. The molecule has 1 aromatic carbocycles. The molecule has 0 aromatic heterocycles. The summed E-state index contributed by atoms with van der Waals surface area (Å²) >= 11 is 0. The van der Waals surface area contributed by atoms with Gasteiger partial charge >= 0.3 is 0 Å². The lowest BCUT2D eigenvalue weighted by Crippen LogP contribution is -2.58. The fourth-order valence-electron chi connectivity index (χ4n) is 3.73. The summed E-state index contributed by atoms with van der Waals surface area (Å²) < 4.78 is 17.8. The Kier molecular flexibility index (Phi) is 6.29. The van der Waals surface area contributed by atoms with Gasteiger partial charge in [0.2, 0.25) is 0 Å². The molecule has 136 valence electrons. The third kappa shape index (κ3) is 3.97. The Balaban J connectivity index is 1.83. The van der Waals surface area contributed by atoms with E-state index in [1.807, 2.05) is 18.2 Å². The van der Waals surface area contributed by atoms with Gasteiger partial charge in [0.1, 0.15) is 6.10 Å². The summed E-state index contributed by atoms with van der Waals surface area (Å²) in [5, 5.41) is 3.98. The van der Waals surface area contributed by atoms with Gasteiger partial charge in [-0.15, -0.1) is 0 Å². The van der Waals surface area contributed by atoms with Gasteiger partial charge in [0.25, 0.3) is 0 Å². The highest BCUT2D eigenvalue weighted by Crippen LogP contribution is 2.37. The molecular formula is C18H26N4O3. The summed E-state index contributed by atoms with van der Waals surface area (Å²) in [6, 6.07) is 9.97. The van der Waals surface area contributed by atoms with Crippen LogP contribution in [0.5, 0.6) is 0 Å². The highest BCUT2D eigenvalue weighted by molar-refractivity contribution is 5.16. The van der Waals surface area contributed by atoms with Gasteiger partial charge in [-0.3, -0.25) is 4.90 Å². The van der Waals surface area contributed by atoms with E-state index in [4.69, 9.17) is 19.7 Å². The van der Waals surface area contributed by atoms with Crippen molar-refractivity contribution in [2.45, 2.75) is 56.9 Å².